The summed E-state index contributed by atoms with van der Waals surface area (Å²) in [6.45, 7) is 2.51. The predicted molar refractivity (Wildman–Crippen MR) is 176 cm³/mol. The minimum Gasteiger partial charge on any atom is -0.354 e. The number of anilines is 1. The van der Waals surface area contributed by atoms with E-state index in [9.17, 15) is 27.6 Å². The maximum absolute atomic E-state index is 14.3. The normalized spacial score (nSPS) is 15.9. The van der Waals surface area contributed by atoms with Gasteiger partial charge in [0.05, 0.1) is 5.56 Å². The molecule has 4 aromatic rings. The maximum Gasteiger partial charge on any atom is 0.416 e. The Morgan fingerprint density at radius 3 is 2.23 bits per heavy atom. The molecule has 47 heavy (non-hydrogen) atoms. The number of carbonyl (C=O) groups is 3. The Labute approximate surface area is 271 Å². The molecular formula is C37H35F3N4O3. The van der Waals surface area contributed by atoms with Gasteiger partial charge in [0.2, 0.25) is 11.6 Å². The standard InChI is InChI=1S/C37H35F3N4O3/c1-2-3-11-24-41-34(46)32(27-13-5-4-6-14-27)42-35(47)36(23-22-26-12-7-10-17-31(26)43-36)44-33(45)30-16-9-8-15-29(30)25-18-20-28(21-19-25)37(38,39)40/h4-10,12-23,32,43H,2-3,11,24H2,1H3,(H,41,46)(H,42,47)(H,44,45)/t32?,36-/m0/s1. The second-order valence-electron chi connectivity index (χ2n) is 11.2. The summed E-state index contributed by atoms with van der Waals surface area (Å²) >= 11 is 0. The lowest BCUT2D eigenvalue weighted by Crippen LogP contribution is -2.64. The van der Waals surface area contributed by atoms with Gasteiger partial charge in [-0.1, -0.05) is 105 Å². The molecule has 0 fully saturated rings. The van der Waals surface area contributed by atoms with Crippen molar-refractivity contribution in [3.63, 3.8) is 0 Å². The van der Waals surface area contributed by atoms with Crippen LogP contribution in [0.3, 0.4) is 0 Å². The number of rotatable bonds is 11. The molecule has 0 saturated carbocycles. The average Bonchev–Trinajstić information content (AvgIpc) is 3.08. The highest BCUT2D eigenvalue weighted by atomic mass is 19.4. The molecule has 4 aromatic carbocycles. The zero-order valence-corrected chi connectivity index (χ0v) is 25.7. The molecule has 1 heterocycles. The van der Waals surface area contributed by atoms with E-state index in [1.807, 2.05) is 12.1 Å². The van der Waals surface area contributed by atoms with E-state index in [0.29, 0.717) is 28.9 Å². The summed E-state index contributed by atoms with van der Waals surface area (Å²) in [7, 11) is 0. The van der Waals surface area contributed by atoms with E-state index in [0.717, 1.165) is 37.0 Å². The van der Waals surface area contributed by atoms with Crippen LogP contribution in [0.5, 0.6) is 0 Å². The smallest absolute Gasteiger partial charge is 0.354 e. The molecule has 242 valence electrons. The van der Waals surface area contributed by atoms with Crippen LogP contribution in [0.1, 0.15) is 59.3 Å². The van der Waals surface area contributed by atoms with Crippen LogP contribution in [0.15, 0.2) is 109 Å². The van der Waals surface area contributed by atoms with Crippen molar-refractivity contribution in [2.75, 3.05) is 11.9 Å². The highest BCUT2D eigenvalue weighted by Gasteiger charge is 2.42. The molecule has 0 spiro atoms. The lowest BCUT2D eigenvalue weighted by Gasteiger charge is -2.36. The van der Waals surface area contributed by atoms with Gasteiger partial charge < -0.3 is 21.3 Å². The third-order valence-electron chi connectivity index (χ3n) is 7.92. The molecule has 1 aliphatic rings. The fourth-order valence-electron chi connectivity index (χ4n) is 5.38. The van der Waals surface area contributed by atoms with Crippen LogP contribution < -0.4 is 21.3 Å². The lowest BCUT2D eigenvalue weighted by atomic mass is 9.95. The van der Waals surface area contributed by atoms with E-state index in [1.54, 1.807) is 66.7 Å². The van der Waals surface area contributed by atoms with Crippen molar-refractivity contribution in [2.45, 2.75) is 44.1 Å². The van der Waals surface area contributed by atoms with Crippen molar-refractivity contribution >= 4 is 29.5 Å². The van der Waals surface area contributed by atoms with Gasteiger partial charge in [-0.15, -0.1) is 0 Å². The Morgan fingerprint density at radius 1 is 0.830 bits per heavy atom. The average molecular weight is 641 g/mol. The molecule has 2 atom stereocenters. The number of amides is 3. The van der Waals surface area contributed by atoms with Crippen molar-refractivity contribution in [3.05, 3.63) is 131 Å². The maximum atomic E-state index is 14.3. The van der Waals surface area contributed by atoms with Gasteiger partial charge in [-0.3, -0.25) is 14.4 Å². The Kier molecular flexibility index (Phi) is 10.1. The van der Waals surface area contributed by atoms with E-state index >= 15 is 0 Å². The quantitative estimate of drug-likeness (QED) is 0.132. The number of carbonyl (C=O) groups excluding carboxylic acids is 3. The van der Waals surface area contributed by atoms with Gasteiger partial charge in [0.15, 0.2) is 0 Å². The highest BCUT2D eigenvalue weighted by molar-refractivity contribution is 6.07. The number of para-hydroxylation sites is 1. The van der Waals surface area contributed by atoms with E-state index in [2.05, 4.69) is 28.2 Å². The zero-order chi connectivity index (χ0) is 33.4. The van der Waals surface area contributed by atoms with Crippen LogP contribution in [0, 0.1) is 0 Å². The number of hydrogen-bond acceptors (Lipinski definition) is 4. The monoisotopic (exact) mass is 640 g/mol. The molecule has 1 unspecified atom stereocenters. The summed E-state index contributed by atoms with van der Waals surface area (Å²) in [6.07, 6.45) is 1.43. The minimum atomic E-state index is -4.51. The summed E-state index contributed by atoms with van der Waals surface area (Å²) in [5.41, 5.74) is 0.173. The number of halogens is 3. The molecule has 0 aliphatic carbocycles. The van der Waals surface area contributed by atoms with Crippen molar-refractivity contribution in [1.82, 2.24) is 16.0 Å². The van der Waals surface area contributed by atoms with Crippen LogP contribution in [-0.2, 0) is 15.8 Å². The molecule has 7 nitrogen and oxygen atoms in total. The van der Waals surface area contributed by atoms with E-state index in [1.165, 1.54) is 24.3 Å². The van der Waals surface area contributed by atoms with E-state index in [4.69, 9.17) is 0 Å². The Bertz CT molecular complexity index is 1760. The second kappa shape index (κ2) is 14.4. The number of benzene rings is 4. The molecule has 3 amide bonds. The molecular weight excluding hydrogens is 605 g/mol. The Balaban J connectivity index is 1.48. The van der Waals surface area contributed by atoms with Crippen molar-refractivity contribution in [2.24, 2.45) is 0 Å². The summed E-state index contributed by atoms with van der Waals surface area (Å²) < 4.78 is 39.6. The third kappa shape index (κ3) is 7.71. The van der Waals surface area contributed by atoms with Crippen LogP contribution in [-0.4, -0.2) is 29.9 Å². The highest BCUT2D eigenvalue weighted by Crippen LogP contribution is 2.33. The van der Waals surface area contributed by atoms with Crippen LogP contribution in [0.4, 0.5) is 18.9 Å². The summed E-state index contributed by atoms with van der Waals surface area (Å²) in [5.74, 6) is -1.75. The van der Waals surface area contributed by atoms with E-state index < -0.39 is 41.2 Å². The first-order valence-corrected chi connectivity index (χ1v) is 15.4. The minimum absolute atomic E-state index is 0.141. The molecule has 5 rings (SSSR count). The van der Waals surface area contributed by atoms with Crippen LogP contribution in [0.2, 0.25) is 0 Å². The fraction of sp³-hybridized carbons (Fsp3) is 0.216. The number of unbranched alkanes of at least 4 members (excludes halogenated alkanes) is 2. The number of nitrogens with one attached hydrogen (secondary N) is 4. The summed E-state index contributed by atoms with van der Waals surface area (Å²) in [5, 5.41) is 11.8. The largest absolute Gasteiger partial charge is 0.416 e. The van der Waals surface area contributed by atoms with Crippen LogP contribution >= 0.6 is 0 Å². The molecule has 0 saturated heterocycles. The Morgan fingerprint density at radius 2 is 1.51 bits per heavy atom. The van der Waals surface area contributed by atoms with Gasteiger partial charge in [0.25, 0.3) is 11.8 Å². The van der Waals surface area contributed by atoms with Gasteiger partial charge in [0.1, 0.15) is 6.04 Å². The van der Waals surface area contributed by atoms with Gasteiger partial charge in [-0.2, -0.15) is 13.2 Å². The summed E-state index contributed by atoms with van der Waals surface area (Å²) in [6, 6.07) is 26.0. The number of hydrogen-bond donors (Lipinski definition) is 4. The van der Waals surface area contributed by atoms with Gasteiger partial charge in [0, 0.05) is 17.8 Å². The molecule has 0 bridgehead atoms. The topological polar surface area (TPSA) is 99.3 Å². The van der Waals surface area contributed by atoms with Crippen molar-refractivity contribution in [1.29, 1.82) is 0 Å². The molecule has 0 aromatic heterocycles. The molecule has 1 aliphatic heterocycles. The predicted octanol–water partition coefficient (Wildman–Crippen LogP) is 7.10. The first kappa shape index (κ1) is 33.0. The number of alkyl halides is 3. The number of fused-ring (bicyclic) bond motifs is 1. The van der Waals surface area contributed by atoms with Gasteiger partial charge in [-0.25, -0.2) is 0 Å². The first-order chi connectivity index (χ1) is 22.6. The SMILES string of the molecule is CCCCCNC(=O)C(NC(=O)[C@@]1(NC(=O)c2ccccc2-c2ccc(C(F)(F)F)cc2)C=Cc2ccccc2N1)c1ccccc1. The Hall–Kier alpha value is -5.38. The van der Waals surface area contributed by atoms with E-state index in [-0.39, 0.29) is 5.56 Å². The lowest BCUT2D eigenvalue weighted by molar-refractivity contribution is -0.137. The van der Waals surface area contributed by atoms with Crippen LogP contribution in [0.25, 0.3) is 17.2 Å². The molecule has 10 heteroatoms. The van der Waals surface area contributed by atoms with Crippen molar-refractivity contribution < 1.29 is 27.6 Å². The van der Waals surface area contributed by atoms with Gasteiger partial charge in [-0.05, 0) is 59.0 Å². The third-order valence-corrected chi connectivity index (χ3v) is 7.92. The fourth-order valence-corrected chi connectivity index (χ4v) is 5.38. The second-order valence-corrected chi connectivity index (χ2v) is 11.2. The zero-order valence-electron chi connectivity index (χ0n) is 25.7. The van der Waals surface area contributed by atoms with Crippen molar-refractivity contribution in [3.8, 4) is 11.1 Å². The molecule has 0 radical (unpaired) electrons. The molecule has 4 N–H and O–H groups in total. The van der Waals surface area contributed by atoms with Gasteiger partial charge >= 0.3 is 6.18 Å². The summed E-state index contributed by atoms with van der Waals surface area (Å²) in [4.78, 5) is 41.8. The first-order valence-electron chi connectivity index (χ1n) is 15.4.